The molecule has 0 radical (unpaired) electrons. The standard InChI is InChI=1S/C18H21N7O3S/c1-11-21-14-7-13(29-15(14)16(22-11)25-3-5-28-6-4-25)10-24(2)18-19-8-12(9-20-18)17(26)23-27/h7-9,27H,3-6,10H2,1-2H3,(H,23,26). The van der Waals surface area contributed by atoms with Crippen LogP contribution in [0.2, 0.25) is 0 Å². The minimum atomic E-state index is -0.645. The maximum absolute atomic E-state index is 11.4. The van der Waals surface area contributed by atoms with Gasteiger partial charge in [-0.25, -0.2) is 25.4 Å². The number of anilines is 2. The van der Waals surface area contributed by atoms with E-state index in [1.54, 1.807) is 16.8 Å². The minimum Gasteiger partial charge on any atom is -0.378 e. The molecule has 11 heteroatoms. The van der Waals surface area contributed by atoms with Gasteiger partial charge in [-0.3, -0.25) is 10.0 Å². The van der Waals surface area contributed by atoms with Crippen molar-refractivity contribution in [3.63, 3.8) is 0 Å². The molecule has 2 N–H and O–H groups in total. The smallest absolute Gasteiger partial charge is 0.277 e. The first-order valence-electron chi connectivity index (χ1n) is 9.12. The van der Waals surface area contributed by atoms with E-state index in [9.17, 15) is 4.79 Å². The van der Waals surface area contributed by atoms with E-state index in [0.717, 1.165) is 39.8 Å². The fraction of sp³-hybridized carbons (Fsp3) is 0.389. The highest BCUT2D eigenvalue weighted by molar-refractivity contribution is 7.19. The number of nitrogens with zero attached hydrogens (tertiary/aromatic N) is 6. The molecule has 3 aromatic rings. The van der Waals surface area contributed by atoms with Crippen LogP contribution >= 0.6 is 11.3 Å². The monoisotopic (exact) mass is 415 g/mol. The van der Waals surface area contributed by atoms with Crippen LogP contribution in [0.15, 0.2) is 18.5 Å². The molecule has 1 fully saturated rings. The number of hydrogen-bond donors (Lipinski definition) is 2. The zero-order valence-corrected chi connectivity index (χ0v) is 16.9. The van der Waals surface area contributed by atoms with Crippen molar-refractivity contribution in [2.45, 2.75) is 13.5 Å². The van der Waals surface area contributed by atoms with E-state index >= 15 is 0 Å². The number of carbonyl (C=O) groups is 1. The maximum atomic E-state index is 11.4. The molecule has 0 spiro atoms. The number of nitrogens with one attached hydrogen (secondary N) is 1. The lowest BCUT2D eigenvalue weighted by atomic mass is 10.3. The quantitative estimate of drug-likeness (QED) is 0.471. The highest BCUT2D eigenvalue weighted by atomic mass is 32.1. The van der Waals surface area contributed by atoms with E-state index in [4.69, 9.17) is 9.94 Å². The van der Waals surface area contributed by atoms with Crippen molar-refractivity contribution < 1.29 is 14.7 Å². The fourth-order valence-corrected chi connectivity index (χ4v) is 4.32. The Bertz CT molecular complexity index is 1020. The minimum absolute atomic E-state index is 0.187. The van der Waals surface area contributed by atoms with Crippen LogP contribution in [0.25, 0.3) is 10.2 Å². The van der Waals surface area contributed by atoms with Gasteiger partial charge in [0.25, 0.3) is 5.91 Å². The third-order valence-corrected chi connectivity index (χ3v) is 5.67. The van der Waals surface area contributed by atoms with Crippen molar-refractivity contribution in [3.05, 3.63) is 34.7 Å². The first-order chi connectivity index (χ1) is 14.0. The van der Waals surface area contributed by atoms with Gasteiger partial charge in [-0.05, 0) is 13.0 Å². The van der Waals surface area contributed by atoms with Gasteiger partial charge >= 0.3 is 0 Å². The zero-order chi connectivity index (χ0) is 20.4. The fourth-order valence-electron chi connectivity index (χ4n) is 3.15. The normalized spacial score (nSPS) is 14.2. The summed E-state index contributed by atoms with van der Waals surface area (Å²) in [6.45, 7) is 5.54. The highest BCUT2D eigenvalue weighted by Crippen LogP contribution is 2.33. The number of morpholine rings is 1. The molecule has 152 valence electrons. The van der Waals surface area contributed by atoms with E-state index in [2.05, 4.69) is 30.9 Å². The lowest BCUT2D eigenvalue weighted by Gasteiger charge is -2.28. The first-order valence-corrected chi connectivity index (χ1v) is 9.94. The predicted octanol–water partition coefficient (Wildman–Crippen LogP) is 1.38. The number of aryl methyl sites for hydroxylation is 1. The van der Waals surface area contributed by atoms with Gasteiger partial charge in [0.1, 0.15) is 5.82 Å². The number of carbonyl (C=O) groups excluding carboxylic acids is 1. The van der Waals surface area contributed by atoms with Crippen LogP contribution in [0.1, 0.15) is 21.1 Å². The van der Waals surface area contributed by atoms with Crippen LogP contribution in [-0.2, 0) is 11.3 Å². The molecule has 0 bridgehead atoms. The van der Waals surface area contributed by atoms with Crippen LogP contribution in [-0.4, -0.2) is 64.4 Å². The second kappa shape index (κ2) is 8.23. The Morgan fingerprint density at radius 1 is 1.31 bits per heavy atom. The summed E-state index contributed by atoms with van der Waals surface area (Å²) in [5.74, 6) is 1.55. The second-order valence-corrected chi connectivity index (χ2v) is 7.83. The molecule has 29 heavy (non-hydrogen) atoms. The lowest BCUT2D eigenvalue weighted by Crippen LogP contribution is -2.36. The van der Waals surface area contributed by atoms with E-state index in [-0.39, 0.29) is 5.56 Å². The molecule has 4 heterocycles. The second-order valence-electron chi connectivity index (χ2n) is 6.69. The van der Waals surface area contributed by atoms with Crippen LogP contribution in [0, 0.1) is 6.92 Å². The lowest BCUT2D eigenvalue weighted by molar-refractivity contribution is 0.0705. The highest BCUT2D eigenvalue weighted by Gasteiger charge is 2.19. The SMILES string of the molecule is Cc1nc(N2CCOCC2)c2sc(CN(C)c3ncc(C(=O)NO)cn3)cc2n1. The summed E-state index contributed by atoms with van der Waals surface area (Å²) in [4.78, 5) is 34.3. The molecular formula is C18H21N7O3S. The third kappa shape index (κ3) is 4.11. The number of hydroxylamine groups is 1. The Morgan fingerprint density at radius 2 is 2.03 bits per heavy atom. The van der Waals surface area contributed by atoms with Crippen molar-refractivity contribution in [1.82, 2.24) is 25.4 Å². The molecule has 4 rings (SSSR count). The largest absolute Gasteiger partial charge is 0.378 e. The summed E-state index contributed by atoms with van der Waals surface area (Å²) < 4.78 is 6.53. The topological polar surface area (TPSA) is 117 Å². The van der Waals surface area contributed by atoms with Crippen molar-refractivity contribution in [1.29, 1.82) is 0 Å². The molecule has 3 aromatic heterocycles. The first kappa shape index (κ1) is 19.4. The molecule has 0 aromatic carbocycles. The molecule has 0 saturated carbocycles. The molecule has 1 aliphatic rings. The van der Waals surface area contributed by atoms with Crippen LogP contribution in [0.5, 0.6) is 0 Å². The number of fused-ring (bicyclic) bond motifs is 1. The summed E-state index contributed by atoms with van der Waals surface area (Å²) >= 11 is 1.66. The number of rotatable bonds is 5. The molecule has 10 nitrogen and oxygen atoms in total. The molecule has 1 aliphatic heterocycles. The summed E-state index contributed by atoms with van der Waals surface area (Å²) in [7, 11) is 1.88. The van der Waals surface area contributed by atoms with Gasteiger partial charge in [0.05, 0.1) is 35.5 Å². The van der Waals surface area contributed by atoms with Crippen LogP contribution < -0.4 is 15.3 Å². The summed E-state index contributed by atoms with van der Waals surface area (Å²) in [5.41, 5.74) is 2.69. The van der Waals surface area contributed by atoms with Gasteiger partial charge in [-0.1, -0.05) is 0 Å². The Morgan fingerprint density at radius 3 is 2.72 bits per heavy atom. The predicted molar refractivity (Wildman–Crippen MR) is 109 cm³/mol. The molecule has 0 aliphatic carbocycles. The van der Waals surface area contributed by atoms with Gasteiger partial charge < -0.3 is 14.5 Å². The number of amides is 1. The third-order valence-electron chi connectivity index (χ3n) is 4.56. The Balaban J connectivity index is 1.57. The van der Waals surface area contributed by atoms with Crippen molar-refractivity contribution in [3.8, 4) is 0 Å². The Labute approximate surface area is 171 Å². The van der Waals surface area contributed by atoms with Gasteiger partial charge in [-0.15, -0.1) is 11.3 Å². The number of hydrogen-bond acceptors (Lipinski definition) is 10. The zero-order valence-electron chi connectivity index (χ0n) is 16.1. The Hall–Kier alpha value is -2.89. The summed E-state index contributed by atoms with van der Waals surface area (Å²) in [6.07, 6.45) is 2.75. The van der Waals surface area contributed by atoms with E-state index in [1.807, 2.05) is 18.9 Å². The molecular weight excluding hydrogens is 394 g/mol. The average Bonchev–Trinajstić information content (AvgIpc) is 3.15. The van der Waals surface area contributed by atoms with E-state index in [1.165, 1.54) is 12.4 Å². The van der Waals surface area contributed by atoms with Crippen molar-refractivity contribution in [2.24, 2.45) is 0 Å². The molecule has 0 atom stereocenters. The Kier molecular flexibility index (Phi) is 5.51. The molecule has 1 saturated heterocycles. The molecule has 1 amide bonds. The van der Waals surface area contributed by atoms with Crippen LogP contribution in [0.3, 0.4) is 0 Å². The van der Waals surface area contributed by atoms with Gasteiger partial charge in [-0.2, -0.15) is 0 Å². The maximum Gasteiger partial charge on any atom is 0.277 e. The average molecular weight is 415 g/mol. The number of aromatic nitrogens is 4. The van der Waals surface area contributed by atoms with E-state index in [0.29, 0.717) is 25.7 Å². The van der Waals surface area contributed by atoms with Gasteiger partial charge in [0, 0.05) is 37.4 Å². The van der Waals surface area contributed by atoms with Crippen molar-refractivity contribution in [2.75, 3.05) is 43.2 Å². The summed E-state index contributed by atoms with van der Waals surface area (Å²) in [6, 6.07) is 2.07. The van der Waals surface area contributed by atoms with Gasteiger partial charge in [0.15, 0.2) is 5.82 Å². The van der Waals surface area contributed by atoms with Gasteiger partial charge in [0.2, 0.25) is 5.95 Å². The molecule has 0 unspecified atom stereocenters. The van der Waals surface area contributed by atoms with E-state index < -0.39 is 5.91 Å². The van der Waals surface area contributed by atoms with Crippen molar-refractivity contribution >= 4 is 39.2 Å². The summed E-state index contributed by atoms with van der Waals surface area (Å²) in [5, 5.41) is 8.68. The number of ether oxygens (including phenoxy) is 1. The van der Waals surface area contributed by atoms with Crippen LogP contribution in [0.4, 0.5) is 11.8 Å². The number of thiophene rings is 1.